The Balaban J connectivity index is 2.38. The molecule has 21 heavy (non-hydrogen) atoms. The molecule has 1 atom stereocenters. The molecule has 0 amide bonds. The highest BCUT2D eigenvalue weighted by Crippen LogP contribution is 2.44. The van der Waals surface area contributed by atoms with Gasteiger partial charge in [0.25, 0.3) is 0 Å². The zero-order valence-corrected chi connectivity index (χ0v) is 14.1. The number of likely N-dealkylation sites (N-methyl/N-ethyl adjacent to an activating group) is 2. The minimum atomic E-state index is 0.214. The quantitative estimate of drug-likeness (QED) is 0.800. The number of hydrogen-bond acceptors (Lipinski definition) is 4. The Bertz CT molecular complexity index is 418. The predicted molar refractivity (Wildman–Crippen MR) is 86.2 cm³/mol. The van der Waals surface area contributed by atoms with Gasteiger partial charge in [-0.15, -0.1) is 5.10 Å². The van der Waals surface area contributed by atoms with Crippen LogP contribution in [0.3, 0.4) is 0 Å². The van der Waals surface area contributed by atoms with E-state index in [0.29, 0.717) is 6.04 Å². The topological polar surface area (TPSA) is 46.0 Å². The average molecular weight is 293 g/mol. The van der Waals surface area contributed by atoms with E-state index in [0.717, 1.165) is 26.1 Å². The first kappa shape index (κ1) is 16.4. The molecule has 0 spiro atoms. The van der Waals surface area contributed by atoms with E-state index in [2.05, 4.69) is 53.0 Å². The van der Waals surface area contributed by atoms with Crippen LogP contribution in [-0.2, 0) is 6.54 Å². The highest BCUT2D eigenvalue weighted by molar-refractivity contribution is 5.15. The van der Waals surface area contributed by atoms with Crippen LogP contribution in [0.2, 0.25) is 0 Å². The van der Waals surface area contributed by atoms with Gasteiger partial charge in [-0.3, -0.25) is 4.90 Å². The summed E-state index contributed by atoms with van der Waals surface area (Å²) in [7, 11) is 2.08. The van der Waals surface area contributed by atoms with Crippen molar-refractivity contribution in [2.24, 2.45) is 0 Å². The van der Waals surface area contributed by atoms with Gasteiger partial charge >= 0.3 is 0 Å². The monoisotopic (exact) mass is 293 g/mol. The fourth-order valence-corrected chi connectivity index (χ4v) is 4.19. The summed E-state index contributed by atoms with van der Waals surface area (Å²) in [6, 6.07) is 0.307. The molecule has 2 rings (SSSR count). The molecular formula is C16H31N5. The first-order chi connectivity index (χ1) is 10.2. The maximum absolute atomic E-state index is 4.30. The summed E-state index contributed by atoms with van der Waals surface area (Å²) in [5.41, 5.74) is 1.46. The molecule has 5 heteroatoms. The van der Waals surface area contributed by atoms with Gasteiger partial charge in [0.1, 0.15) is 0 Å². The highest BCUT2D eigenvalue weighted by atomic mass is 15.4. The Labute approximate surface area is 129 Å². The van der Waals surface area contributed by atoms with Crippen LogP contribution < -0.4 is 5.32 Å². The molecular weight excluding hydrogens is 262 g/mol. The Hall–Kier alpha value is -0.940. The van der Waals surface area contributed by atoms with Crippen molar-refractivity contribution in [1.29, 1.82) is 0 Å². The third-order valence-corrected chi connectivity index (χ3v) is 5.07. The summed E-state index contributed by atoms with van der Waals surface area (Å²) in [5.74, 6) is 0. The molecule has 1 saturated carbocycles. The van der Waals surface area contributed by atoms with Crippen molar-refractivity contribution in [3.05, 3.63) is 11.9 Å². The summed E-state index contributed by atoms with van der Waals surface area (Å²) in [6.45, 7) is 9.89. The van der Waals surface area contributed by atoms with Gasteiger partial charge in [-0.25, -0.2) is 4.68 Å². The maximum atomic E-state index is 4.30. The maximum Gasteiger partial charge on any atom is 0.0775 e. The van der Waals surface area contributed by atoms with Crippen molar-refractivity contribution in [3.8, 4) is 0 Å². The summed E-state index contributed by atoms with van der Waals surface area (Å²) in [6.07, 6.45) is 8.22. The van der Waals surface area contributed by atoms with E-state index in [4.69, 9.17) is 0 Å². The third kappa shape index (κ3) is 2.99. The molecule has 0 saturated heterocycles. The fourth-order valence-electron chi connectivity index (χ4n) is 4.19. The number of nitrogens with zero attached hydrogens (tertiary/aromatic N) is 4. The van der Waals surface area contributed by atoms with Crippen molar-refractivity contribution < 1.29 is 0 Å². The van der Waals surface area contributed by atoms with Gasteiger partial charge < -0.3 is 5.32 Å². The number of aryl methyl sites for hydroxylation is 1. The molecule has 1 aromatic heterocycles. The molecule has 1 unspecified atom stereocenters. The van der Waals surface area contributed by atoms with E-state index in [1.165, 1.54) is 31.4 Å². The van der Waals surface area contributed by atoms with Crippen LogP contribution in [0.15, 0.2) is 6.20 Å². The first-order valence-corrected chi connectivity index (χ1v) is 8.54. The first-order valence-electron chi connectivity index (χ1n) is 8.54. The standard InChI is InChI=1S/C16H31N5/c1-5-12-21-14(13-18-19-21)15(17-4)16(10-8-9-11-16)20(6-2)7-3/h13,15,17H,5-12H2,1-4H3. The van der Waals surface area contributed by atoms with Gasteiger partial charge in [0, 0.05) is 12.1 Å². The lowest BCUT2D eigenvalue weighted by molar-refractivity contribution is 0.0621. The minimum absolute atomic E-state index is 0.214. The lowest BCUT2D eigenvalue weighted by Crippen LogP contribution is -2.54. The van der Waals surface area contributed by atoms with Crippen LogP contribution in [0.4, 0.5) is 0 Å². The molecule has 1 fully saturated rings. The number of nitrogens with one attached hydrogen (secondary N) is 1. The van der Waals surface area contributed by atoms with Crippen molar-refractivity contribution >= 4 is 0 Å². The van der Waals surface area contributed by atoms with E-state index < -0.39 is 0 Å². The average Bonchev–Trinajstić information content (AvgIpc) is 3.13. The lowest BCUT2D eigenvalue weighted by Gasteiger charge is -2.46. The van der Waals surface area contributed by atoms with Gasteiger partial charge in [0.05, 0.1) is 17.9 Å². The van der Waals surface area contributed by atoms with E-state index in [-0.39, 0.29) is 5.54 Å². The van der Waals surface area contributed by atoms with Gasteiger partial charge in [-0.1, -0.05) is 38.8 Å². The van der Waals surface area contributed by atoms with Gasteiger partial charge in [0.15, 0.2) is 0 Å². The van der Waals surface area contributed by atoms with Crippen LogP contribution in [0.1, 0.15) is 64.6 Å². The molecule has 0 radical (unpaired) electrons. The molecule has 1 aliphatic carbocycles. The summed E-state index contributed by atoms with van der Waals surface area (Å²) in [4.78, 5) is 2.64. The van der Waals surface area contributed by atoms with E-state index in [1.807, 2.05) is 6.20 Å². The summed E-state index contributed by atoms with van der Waals surface area (Å²) < 4.78 is 2.09. The molecule has 0 aromatic carbocycles. The third-order valence-electron chi connectivity index (χ3n) is 5.07. The fraction of sp³-hybridized carbons (Fsp3) is 0.875. The van der Waals surface area contributed by atoms with Gasteiger partial charge in [-0.05, 0) is 39.4 Å². The predicted octanol–water partition coefficient (Wildman–Crippen LogP) is 2.60. The van der Waals surface area contributed by atoms with Gasteiger partial charge in [0.2, 0.25) is 0 Å². The normalized spacial score (nSPS) is 19.3. The van der Waals surface area contributed by atoms with E-state index in [1.54, 1.807) is 0 Å². The largest absolute Gasteiger partial charge is 0.310 e. The molecule has 1 heterocycles. The molecule has 0 bridgehead atoms. The van der Waals surface area contributed by atoms with Crippen LogP contribution in [-0.4, -0.2) is 45.6 Å². The van der Waals surface area contributed by atoms with Crippen LogP contribution in [0.25, 0.3) is 0 Å². The molecule has 0 aliphatic heterocycles. The van der Waals surface area contributed by atoms with Crippen molar-refractivity contribution in [2.45, 2.75) is 71.0 Å². The van der Waals surface area contributed by atoms with E-state index in [9.17, 15) is 0 Å². The van der Waals surface area contributed by atoms with Crippen LogP contribution >= 0.6 is 0 Å². The number of hydrogen-bond donors (Lipinski definition) is 1. The van der Waals surface area contributed by atoms with E-state index >= 15 is 0 Å². The Morgan fingerprint density at radius 2 is 1.95 bits per heavy atom. The van der Waals surface area contributed by atoms with Gasteiger partial charge in [-0.2, -0.15) is 0 Å². The SMILES string of the molecule is CCCn1nncc1C(NC)C1(N(CC)CC)CCCC1. The zero-order chi connectivity index (χ0) is 15.3. The van der Waals surface area contributed by atoms with Crippen LogP contribution in [0, 0.1) is 0 Å². The van der Waals surface area contributed by atoms with Crippen LogP contribution in [0.5, 0.6) is 0 Å². The summed E-state index contributed by atoms with van der Waals surface area (Å²) >= 11 is 0. The number of aromatic nitrogens is 3. The summed E-state index contributed by atoms with van der Waals surface area (Å²) in [5, 5.41) is 12.1. The van der Waals surface area contributed by atoms with Crippen molar-refractivity contribution in [2.75, 3.05) is 20.1 Å². The number of rotatable bonds is 8. The smallest absolute Gasteiger partial charge is 0.0775 e. The molecule has 5 nitrogen and oxygen atoms in total. The molecule has 1 N–H and O–H groups in total. The Morgan fingerprint density at radius 1 is 1.29 bits per heavy atom. The Kier molecular flexibility index (Phi) is 5.76. The molecule has 120 valence electrons. The minimum Gasteiger partial charge on any atom is -0.310 e. The highest BCUT2D eigenvalue weighted by Gasteiger charge is 2.46. The second-order valence-electron chi connectivity index (χ2n) is 6.09. The zero-order valence-electron chi connectivity index (χ0n) is 14.1. The lowest BCUT2D eigenvalue weighted by atomic mass is 9.84. The molecule has 1 aromatic rings. The second kappa shape index (κ2) is 7.36. The second-order valence-corrected chi connectivity index (χ2v) is 6.09. The van der Waals surface area contributed by atoms with Crippen molar-refractivity contribution in [3.63, 3.8) is 0 Å². The van der Waals surface area contributed by atoms with Crippen molar-refractivity contribution in [1.82, 2.24) is 25.2 Å². The molecule has 1 aliphatic rings. The Morgan fingerprint density at radius 3 is 2.48 bits per heavy atom.